The molecule has 0 saturated heterocycles. The quantitative estimate of drug-likeness (QED) is 0.706. The Morgan fingerprint density at radius 3 is 2.73 bits per heavy atom. The lowest BCUT2D eigenvalue weighted by Gasteiger charge is -2.13. The summed E-state index contributed by atoms with van der Waals surface area (Å²) < 4.78 is 0. The van der Waals surface area contributed by atoms with Gasteiger partial charge in [0.1, 0.15) is 16.0 Å². The predicted octanol–water partition coefficient (Wildman–Crippen LogP) is 1.02. The number of hydrogen-bond acceptors (Lipinski definition) is 5. The van der Waals surface area contributed by atoms with Crippen LogP contribution in [-0.4, -0.2) is 37.7 Å². The number of rotatable bonds is 5. The van der Waals surface area contributed by atoms with E-state index >= 15 is 0 Å². The van der Waals surface area contributed by atoms with Crippen molar-refractivity contribution in [2.75, 3.05) is 5.33 Å². The van der Waals surface area contributed by atoms with Crippen LogP contribution in [0.15, 0.2) is 6.20 Å². The number of carboxylic acids is 1. The van der Waals surface area contributed by atoms with Crippen LogP contribution in [0.2, 0.25) is 0 Å². The molecule has 0 aliphatic heterocycles. The van der Waals surface area contributed by atoms with Crippen molar-refractivity contribution in [3.05, 3.63) is 16.1 Å². The van der Waals surface area contributed by atoms with Crippen LogP contribution in [0.25, 0.3) is 0 Å². The first-order valence-corrected chi connectivity index (χ1v) is 6.11. The number of alkyl halides is 1. The summed E-state index contributed by atoms with van der Waals surface area (Å²) in [6, 6.07) is 0. The molecule has 1 heterocycles. The maximum absolute atomic E-state index is 10.6. The van der Waals surface area contributed by atoms with Gasteiger partial charge in [-0.05, 0) is 6.42 Å². The Bertz CT molecular complexity index is 343. The molecule has 0 aliphatic carbocycles. The summed E-state index contributed by atoms with van der Waals surface area (Å²) in [7, 11) is 0. The third-order valence-corrected chi connectivity index (χ3v) is 3.27. The van der Waals surface area contributed by atoms with Crippen LogP contribution in [0.1, 0.15) is 27.2 Å². The lowest BCUT2D eigenvalue weighted by atomic mass is 10.2. The molecule has 15 heavy (non-hydrogen) atoms. The highest BCUT2D eigenvalue weighted by Crippen LogP contribution is 2.24. The van der Waals surface area contributed by atoms with Crippen molar-refractivity contribution in [3.8, 4) is 0 Å². The first-order valence-electron chi connectivity index (χ1n) is 4.17. The van der Waals surface area contributed by atoms with Gasteiger partial charge in [-0.3, -0.25) is 0 Å². The largest absolute Gasteiger partial charge is 0.477 e. The molecule has 84 valence electrons. The first kappa shape index (κ1) is 12.6. The summed E-state index contributed by atoms with van der Waals surface area (Å²) in [6.45, 7) is 0. The fraction of sp³-hybridized carbons (Fsp3) is 0.500. The summed E-state index contributed by atoms with van der Waals surface area (Å²) in [5.74, 6) is -1.08. The molecule has 5 nitrogen and oxygen atoms in total. The number of carbonyl (C=O) groups is 1. The number of nitrogens with zero attached hydrogens (tertiary/aromatic N) is 1. The van der Waals surface area contributed by atoms with Gasteiger partial charge in [-0.25, -0.2) is 9.78 Å². The molecule has 2 unspecified atom stereocenters. The highest BCUT2D eigenvalue weighted by Gasteiger charge is 2.22. The van der Waals surface area contributed by atoms with Crippen molar-refractivity contribution in [2.24, 2.45) is 0 Å². The van der Waals surface area contributed by atoms with E-state index in [1.807, 2.05) is 0 Å². The molecule has 0 saturated carbocycles. The van der Waals surface area contributed by atoms with Crippen LogP contribution < -0.4 is 0 Å². The molecule has 0 aromatic carbocycles. The number of hydrogen-bond donors (Lipinski definition) is 3. The first-order chi connectivity index (χ1) is 7.06. The summed E-state index contributed by atoms with van der Waals surface area (Å²) in [5, 5.41) is 28.5. The molecule has 1 rings (SSSR count). The smallest absolute Gasteiger partial charge is 0.347 e. The Kier molecular flexibility index (Phi) is 4.65. The monoisotopic (exact) mass is 295 g/mol. The Labute approximate surface area is 98.5 Å². The molecule has 1 aromatic rings. The second-order valence-corrected chi connectivity index (χ2v) is 4.71. The van der Waals surface area contributed by atoms with Crippen molar-refractivity contribution >= 4 is 33.2 Å². The molecule has 1 aromatic heterocycles. The van der Waals surface area contributed by atoms with E-state index in [4.69, 9.17) is 5.11 Å². The third-order valence-electron chi connectivity index (χ3n) is 1.76. The maximum atomic E-state index is 10.6. The van der Waals surface area contributed by atoms with Crippen LogP contribution >= 0.6 is 27.3 Å². The van der Waals surface area contributed by atoms with E-state index < -0.39 is 18.2 Å². The topological polar surface area (TPSA) is 90.7 Å². The highest BCUT2D eigenvalue weighted by molar-refractivity contribution is 9.09. The molecule has 0 spiro atoms. The van der Waals surface area contributed by atoms with Gasteiger partial charge in [0.25, 0.3) is 0 Å². The van der Waals surface area contributed by atoms with Gasteiger partial charge < -0.3 is 15.3 Å². The van der Waals surface area contributed by atoms with Gasteiger partial charge in [-0.15, -0.1) is 11.3 Å². The van der Waals surface area contributed by atoms with Gasteiger partial charge in [-0.1, -0.05) is 15.9 Å². The van der Waals surface area contributed by atoms with Crippen LogP contribution in [0, 0.1) is 0 Å². The molecule has 0 aliphatic rings. The summed E-state index contributed by atoms with van der Waals surface area (Å²) in [4.78, 5) is 14.4. The van der Waals surface area contributed by atoms with Crippen LogP contribution in [0.5, 0.6) is 0 Å². The normalized spacial score (nSPS) is 14.9. The molecule has 0 fully saturated rings. The SMILES string of the molecule is O=C(O)c1cnc(C(O)C(O)CCBr)s1. The fourth-order valence-corrected chi connectivity index (χ4v) is 2.23. The van der Waals surface area contributed by atoms with E-state index in [0.29, 0.717) is 11.8 Å². The molecule has 3 N–H and O–H groups in total. The van der Waals surface area contributed by atoms with E-state index in [1.165, 1.54) is 6.20 Å². The Morgan fingerprint density at radius 1 is 1.60 bits per heavy atom. The average molecular weight is 296 g/mol. The van der Waals surface area contributed by atoms with Crippen molar-refractivity contribution in [2.45, 2.75) is 18.6 Å². The lowest BCUT2D eigenvalue weighted by molar-refractivity contribution is 0.0172. The number of carboxylic acid groups (broad SMARTS) is 1. The molecular formula is C8H10BrNO4S. The number of thiazole rings is 1. The van der Waals surface area contributed by atoms with Crippen LogP contribution in [0.3, 0.4) is 0 Å². The minimum Gasteiger partial charge on any atom is -0.477 e. The van der Waals surface area contributed by atoms with Crippen molar-refractivity contribution in [1.29, 1.82) is 0 Å². The molecular weight excluding hydrogens is 286 g/mol. The molecule has 0 amide bonds. The standard InChI is InChI=1S/C8H10BrNO4S/c9-2-1-4(11)6(12)7-10-3-5(15-7)8(13)14/h3-4,6,11-12H,1-2H2,(H,13,14). The average Bonchev–Trinajstić information content (AvgIpc) is 2.65. The third kappa shape index (κ3) is 3.23. The number of aliphatic hydroxyl groups is 2. The minimum atomic E-state index is -1.12. The van der Waals surface area contributed by atoms with Crippen molar-refractivity contribution in [1.82, 2.24) is 4.98 Å². The molecule has 0 radical (unpaired) electrons. The van der Waals surface area contributed by atoms with Gasteiger partial charge in [0.15, 0.2) is 0 Å². The van der Waals surface area contributed by atoms with E-state index in [1.54, 1.807) is 0 Å². The predicted molar refractivity (Wildman–Crippen MR) is 58.5 cm³/mol. The minimum absolute atomic E-state index is 0.0510. The zero-order chi connectivity index (χ0) is 11.4. The second kappa shape index (κ2) is 5.55. The van der Waals surface area contributed by atoms with Crippen LogP contribution in [0.4, 0.5) is 0 Å². The summed E-state index contributed by atoms with van der Waals surface area (Å²) >= 11 is 4.00. The lowest BCUT2D eigenvalue weighted by Crippen LogP contribution is -2.18. The van der Waals surface area contributed by atoms with E-state index in [-0.39, 0.29) is 9.88 Å². The van der Waals surface area contributed by atoms with Gasteiger partial charge in [-0.2, -0.15) is 0 Å². The number of aromatic nitrogens is 1. The summed E-state index contributed by atoms with van der Waals surface area (Å²) in [5.41, 5.74) is 0. The molecule has 2 atom stereocenters. The van der Waals surface area contributed by atoms with E-state index in [9.17, 15) is 15.0 Å². The summed E-state index contributed by atoms with van der Waals surface area (Å²) in [6.07, 6.45) is -0.506. The van der Waals surface area contributed by atoms with Gasteiger partial charge >= 0.3 is 5.97 Å². The van der Waals surface area contributed by atoms with Gasteiger partial charge in [0, 0.05) is 5.33 Å². The number of halogens is 1. The maximum Gasteiger partial charge on any atom is 0.347 e. The van der Waals surface area contributed by atoms with E-state index in [0.717, 1.165) is 11.3 Å². The molecule has 7 heteroatoms. The Hall–Kier alpha value is -0.500. The zero-order valence-electron chi connectivity index (χ0n) is 7.63. The highest BCUT2D eigenvalue weighted by atomic mass is 79.9. The fourth-order valence-electron chi connectivity index (χ4n) is 0.957. The number of aromatic carboxylic acids is 1. The van der Waals surface area contributed by atoms with Crippen molar-refractivity contribution in [3.63, 3.8) is 0 Å². The van der Waals surface area contributed by atoms with E-state index in [2.05, 4.69) is 20.9 Å². The molecule has 0 bridgehead atoms. The van der Waals surface area contributed by atoms with Gasteiger partial charge in [0.2, 0.25) is 0 Å². The Morgan fingerprint density at radius 2 is 2.27 bits per heavy atom. The number of aliphatic hydroxyl groups excluding tert-OH is 2. The second-order valence-electron chi connectivity index (χ2n) is 2.86. The van der Waals surface area contributed by atoms with Crippen molar-refractivity contribution < 1.29 is 20.1 Å². The van der Waals surface area contributed by atoms with Gasteiger partial charge in [0.05, 0.1) is 12.3 Å². The zero-order valence-corrected chi connectivity index (χ0v) is 10.0. The van der Waals surface area contributed by atoms with Crippen LogP contribution in [-0.2, 0) is 0 Å². The Balaban J connectivity index is 2.73.